The molecule has 3 aromatic rings. The Morgan fingerprint density at radius 2 is 1.62 bits per heavy atom. The molecule has 3 rings (SSSR count). The van der Waals surface area contributed by atoms with E-state index in [1.54, 1.807) is 26.0 Å². The van der Waals surface area contributed by atoms with Gasteiger partial charge in [-0.15, -0.1) is 0 Å². The van der Waals surface area contributed by atoms with Crippen LogP contribution in [-0.4, -0.2) is 18.4 Å². The number of benzene rings is 3. The molecule has 3 nitrogen and oxygen atoms in total. The van der Waals surface area contributed by atoms with E-state index in [9.17, 15) is 9.59 Å². The first kappa shape index (κ1) is 15.9. The molecule has 0 aromatic heterocycles. The van der Waals surface area contributed by atoms with E-state index in [2.05, 4.69) is 0 Å². The van der Waals surface area contributed by atoms with Crippen molar-refractivity contribution in [3.8, 4) is 11.1 Å². The zero-order valence-corrected chi connectivity index (χ0v) is 13.7. The SMILES string of the molecule is CCOC(=O)c1ccc(-c2cc(C(C)=O)cc3ccccc23)cc1. The van der Waals surface area contributed by atoms with Gasteiger partial charge in [-0.2, -0.15) is 0 Å². The molecule has 0 amide bonds. The van der Waals surface area contributed by atoms with Crippen molar-refractivity contribution in [2.45, 2.75) is 13.8 Å². The van der Waals surface area contributed by atoms with Gasteiger partial charge in [-0.1, -0.05) is 36.4 Å². The van der Waals surface area contributed by atoms with E-state index in [4.69, 9.17) is 4.74 Å². The lowest BCUT2D eigenvalue weighted by Gasteiger charge is -2.10. The van der Waals surface area contributed by atoms with Crippen molar-refractivity contribution in [1.82, 2.24) is 0 Å². The molecule has 0 saturated heterocycles. The number of fused-ring (bicyclic) bond motifs is 1. The molecule has 0 aliphatic carbocycles. The van der Waals surface area contributed by atoms with Gasteiger partial charge in [-0.25, -0.2) is 4.79 Å². The number of ether oxygens (including phenoxy) is 1. The molecule has 0 heterocycles. The number of esters is 1. The van der Waals surface area contributed by atoms with E-state index >= 15 is 0 Å². The molecule has 0 atom stereocenters. The van der Waals surface area contributed by atoms with Crippen LogP contribution in [0.3, 0.4) is 0 Å². The molecule has 3 heteroatoms. The smallest absolute Gasteiger partial charge is 0.338 e. The predicted octanol–water partition coefficient (Wildman–Crippen LogP) is 4.89. The number of hydrogen-bond acceptors (Lipinski definition) is 3. The van der Waals surface area contributed by atoms with Crippen LogP contribution in [0.1, 0.15) is 34.6 Å². The van der Waals surface area contributed by atoms with Gasteiger partial charge in [0.05, 0.1) is 12.2 Å². The number of carbonyl (C=O) groups excluding carboxylic acids is 2. The lowest BCUT2D eigenvalue weighted by molar-refractivity contribution is 0.0526. The van der Waals surface area contributed by atoms with Crippen molar-refractivity contribution < 1.29 is 14.3 Å². The molecular weight excluding hydrogens is 300 g/mol. The number of carbonyl (C=O) groups is 2. The number of hydrogen-bond donors (Lipinski definition) is 0. The van der Waals surface area contributed by atoms with Gasteiger partial charge in [-0.3, -0.25) is 4.79 Å². The minimum Gasteiger partial charge on any atom is -0.462 e. The molecule has 0 fully saturated rings. The lowest BCUT2D eigenvalue weighted by atomic mass is 9.94. The highest BCUT2D eigenvalue weighted by Gasteiger charge is 2.11. The maximum Gasteiger partial charge on any atom is 0.338 e. The summed E-state index contributed by atoms with van der Waals surface area (Å²) in [5, 5.41) is 2.10. The summed E-state index contributed by atoms with van der Waals surface area (Å²) in [4.78, 5) is 23.6. The van der Waals surface area contributed by atoms with Gasteiger partial charge in [0, 0.05) is 5.56 Å². The van der Waals surface area contributed by atoms with Gasteiger partial charge in [0.15, 0.2) is 5.78 Å². The van der Waals surface area contributed by atoms with Crippen LogP contribution in [0.2, 0.25) is 0 Å². The monoisotopic (exact) mass is 318 g/mol. The topological polar surface area (TPSA) is 43.4 Å². The molecule has 3 aromatic carbocycles. The highest BCUT2D eigenvalue weighted by molar-refractivity contribution is 6.04. The number of Topliss-reactive ketones (excluding diaryl/α,β-unsaturated/α-hetero) is 1. The third-order valence-electron chi connectivity index (χ3n) is 3.98. The second kappa shape index (κ2) is 6.67. The van der Waals surface area contributed by atoms with Gasteiger partial charge in [0.25, 0.3) is 0 Å². The van der Waals surface area contributed by atoms with E-state index in [0.717, 1.165) is 21.9 Å². The maximum absolute atomic E-state index is 11.8. The van der Waals surface area contributed by atoms with Crippen molar-refractivity contribution in [2.24, 2.45) is 0 Å². The summed E-state index contributed by atoms with van der Waals surface area (Å²) in [6.07, 6.45) is 0. The van der Waals surface area contributed by atoms with E-state index < -0.39 is 0 Å². The Kier molecular flexibility index (Phi) is 4.43. The maximum atomic E-state index is 11.8. The van der Waals surface area contributed by atoms with Gasteiger partial charge >= 0.3 is 5.97 Å². The van der Waals surface area contributed by atoms with Crippen LogP contribution in [-0.2, 0) is 4.74 Å². The van der Waals surface area contributed by atoms with Gasteiger partial charge in [0.2, 0.25) is 0 Å². The Hall–Kier alpha value is -2.94. The second-order valence-electron chi connectivity index (χ2n) is 5.60. The van der Waals surface area contributed by atoms with Crippen LogP contribution in [0.4, 0.5) is 0 Å². The summed E-state index contributed by atoms with van der Waals surface area (Å²) in [5.74, 6) is -0.295. The summed E-state index contributed by atoms with van der Waals surface area (Å²) in [5.41, 5.74) is 3.14. The minimum absolute atomic E-state index is 0.0325. The third-order valence-corrected chi connectivity index (χ3v) is 3.98. The summed E-state index contributed by atoms with van der Waals surface area (Å²) in [6.45, 7) is 3.70. The minimum atomic E-state index is -0.327. The quantitative estimate of drug-likeness (QED) is 0.508. The molecule has 0 aliphatic heterocycles. The van der Waals surface area contributed by atoms with Crippen LogP contribution in [0.25, 0.3) is 21.9 Å². The Labute approximate surface area is 140 Å². The fraction of sp³-hybridized carbons (Fsp3) is 0.143. The normalized spacial score (nSPS) is 10.6. The summed E-state index contributed by atoms with van der Waals surface area (Å²) in [6, 6.07) is 19.1. The molecule has 0 bridgehead atoms. The first-order chi connectivity index (χ1) is 11.6. The van der Waals surface area contributed by atoms with Crippen molar-refractivity contribution in [3.05, 3.63) is 71.8 Å². The predicted molar refractivity (Wildman–Crippen MR) is 95.3 cm³/mol. The van der Waals surface area contributed by atoms with Crippen LogP contribution >= 0.6 is 0 Å². The number of ketones is 1. The van der Waals surface area contributed by atoms with E-state index in [-0.39, 0.29) is 11.8 Å². The third kappa shape index (κ3) is 3.06. The summed E-state index contributed by atoms with van der Waals surface area (Å²) >= 11 is 0. The first-order valence-corrected chi connectivity index (χ1v) is 7.91. The molecule has 0 saturated carbocycles. The molecule has 0 N–H and O–H groups in total. The van der Waals surface area contributed by atoms with Crippen LogP contribution in [0.15, 0.2) is 60.7 Å². The molecular formula is C21H18O3. The van der Waals surface area contributed by atoms with Gasteiger partial charge in [-0.05, 0) is 60.0 Å². The first-order valence-electron chi connectivity index (χ1n) is 7.91. The van der Waals surface area contributed by atoms with E-state index in [1.165, 1.54) is 0 Å². The largest absolute Gasteiger partial charge is 0.462 e. The molecule has 0 radical (unpaired) electrons. The number of rotatable bonds is 4. The van der Waals surface area contributed by atoms with Crippen LogP contribution in [0, 0.1) is 0 Å². The molecule has 0 spiro atoms. The van der Waals surface area contributed by atoms with Crippen molar-refractivity contribution >= 4 is 22.5 Å². The molecule has 24 heavy (non-hydrogen) atoms. The van der Waals surface area contributed by atoms with Crippen LogP contribution in [0.5, 0.6) is 0 Å². The molecule has 120 valence electrons. The fourth-order valence-electron chi connectivity index (χ4n) is 2.75. The van der Waals surface area contributed by atoms with Crippen molar-refractivity contribution in [3.63, 3.8) is 0 Å². The van der Waals surface area contributed by atoms with E-state index in [0.29, 0.717) is 17.7 Å². The fourth-order valence-corrected chi connectivity index (χ4v) is 2.75. The standard InChI is InChI=1S/C21H18O3/c1-3-24-21(23)16-10-8-15(9-11-16)20-13-18(14(2)22)12-17-6-4-5-7-19(17)20/h4-13H,3H2,1-2H3. The van der Waals surface area contributed by atoms with Gasteiger partial charge in [0.1, 0.15) is 0 Å². The second-order valence-corrected chi connectivity index (χ2v) is 5.60. The Morgan fingerprint density at radius 1 is 0.917 bits per heavy atom. The van der Waals surface area contributed by atoms with Crippen LogP contribution < -0.4 is 0 Å². The zero-order valence-electron chi connectivity index (χ0n) is 13.7. The van der Waals surface area contributed by atoms with Crippen molar-refractivity contribution in [2.75, 3.05) is 6.61 Å². The highest BCUT2D eigenvalue weighted by Crippen LogP contribution is 2.30. The average Bonchev–Trinajstić information content (AvgIpc) is 2.61. The van der Waals surface area contributed by atoms with Gasteiger partial charge < -0.3 is 4.74 Å². The Morgan fingerprint density at radius 3 is 2.29 bits per heavy atom. The molecule has 0 unspecified atom stereocenters. The highest BCUT2D eigenvalue weighted by atomic mass is 16.5. The van der Waals surface area contributed by atoms with E-state index in [1.807, 2.05) is 48.5 Å². The summed E-state index contributed by atoms with van der Waals surface area (Å²) < 4.78 is 5.01. The van der Waals surface area contributed by atoms with Crippen molar-refractivity contribution in [1.29, 1.82) is 0 Å². The summed E-state index contributed by atoms with van der Waals surface area (Å²) in [7, 11) is 0. The Bertz CT molecular complexity index is 908. The zero-order chi connectivity index (χ0) is 17.1. The molecule has 0 aliphatic rings. The lowest BCUT2D eigenvalue weighted by Crippen LogP contribution is -2.04. The Balaban J connectivity index is 2.11. The average molecular weight is 318 g/mol.